The molecule has 0 saturated heterocycles. The first-order valence-electron chi connectivity index (χ1n) is 9.05. The van der Waals surface area contributed by atoms with Gasteiger partial charge in [0.15, 0.2) is 0 Å². The van der Waals surface area contributed by atoms with Crippen molar-refractivity contribution in [2.45, 2.75) is 46.1 Å². The van der Waals surface area contributed by atoms with Gasteiger partial charge < -0.3 is 10.6 Å². The largest absolute Gasteiger partial charge is 0.350 e. The molecule has 3 rings (SSSR count). The first-order chi connectivity index (χ1) is 12.7. The van der Waals surface area contributed by atoms with Crippen LogP contribution < -0.4 is 10.6 Å². The number of carbonyl (C=O) groups is 1. The minimum atomic E-state index is -0.210. The lowest BCUT2D eigenvalue weighted by Gasteiger charge is -2.21. The van der Waals surface area contributed by atoms with Crippen molar-refractivity contribution in [3.05, 3.63) is 53.9 Å². The summed E-state index contributed by atoms with van der Waals surface area (Å²) >= 11 is 0. The molecule has 0 spiro atoms. The van der Waals surface area contributed by atoms with Crippen molar-refractivity contribution in [3.63, 3.8) is 0 Å². The van der Waals surface area contributed by atoms with Gasteiger partial charge >= 0.3 is 0 Å². The number of amides is 1. The number of carbonyl (C=O) groups excluding carboxylic acids is 1. The maximum atomic E-state index is 12.5. The van der Waals surface area contributed by atoms with Gasteiger partial charge in [-0.3, -0.25) is 4.79 Å². The van der Waals surface area contributed by atoms with Crippen molar-refractivity contribution in [3.8, 4) is 0 Å². The highest BCUT2D eigenvalue weighted by Crippen LogP contribution is 2.28. The van der Waals surface area contributed by atoms with Crippen LogP contribution in [0.4, 0.5) is 11.8 Å². The summed E-state index contributed by atoms with van der Waals surface area (Å²) < 4.78 is 0. The number of benzene rings is 1. The molecule has 2 heterocycles. The fourth-order valence-corrected chi connectivity index (χ4v) is 2.73. The second kappa shape index (κ2) is 7.31. The number of aromatic nitrogens is 3. The zero-order valence-electron chi connectivity index (χ0n) is 16.4. The van der Waals surface area contributed by atoms with E-state index in [-0.39, 0.29) is 17.4 Å². The van der Waals surface area contributed by atoms with Crippen LogP contribution in [0.2, 0.25) is 0 Å². The monoisotopic (exact) mass is 363 g/mol. The third-order valence-electron chi connectivity index (χ3n) is 4.03. The van der Waals surface area contributed by atoms with E-state index in [9.17, 15) is 4.79 Å². The topological polar surface area (TPSA) is 79.8 Å². The second-order valence-corrected chi connectivity index (χ2v) is 7.87. The minimum absolute atomic E-state index is 0.150. The molecule has 0 unspecified atom stereocenters. The van der Waals surface area contributed by atoms with Crippen LogP contribution in [-0.4, -0.2) is 26.4 Å². The van der Waals surface area contributed by atoms with E-state index in [1.807, 2.05) is 18.2 Å². The molecule has 1 aromatic carbocycles. The molecule has 0 saturated carbocycles. The molecular weight excluding hydrogens is 338 g/mol. The van der Waals surface area contributed by atoms with E-state index in [1.54, 1.807) is 24.5 Å². The third kappa shape index (κ3) is 4.39. The molecule has 6 nitrogen and oxygen atoms in total. The Kier molecular flexibility index (Phi) is 5.08. The second-order valence-electron chi connectivity index (χ2n) is 7.87. The highest BCUT2D eigenvalue weighted by molar-refractivity contribution is 6.07. The van der Waals surface area contributed by atoms with E-state index in [0.29, 0.717) is 17.3 Å². The molecule has 0 fully saturated rings. The molecule has 0 aliphatic carbocycles. The van der Waals surface area contributed by atoms with E-state index in [2.05, 4.69) is 55.2 Å². The molecule has 27 heavy (non-hydrogen) atoms. The Labute approximate surface area is 159 Å². The number of nitrogens with zero attached hydrogens (tertiary/aromatic N) is 3. The first-order valence-corrected chi connectivity index (χ1v) is 9.05. The van der Waals surface area contributed by atoms with E-state index < -0.39 is 0 Å². The van der Waals surface area contributed by atoms with Gasteiger partial charge in [0.1, 0.15) is 5.82 Å². The van der Waals surface area contributed by atoms with E-state index in [1.165, 1.54) is 0 Å². The van der Waals surface area contributed by atoms with Crippen LogP contribution in [0.1, 0.15) is 56.5 Å². The lowest BCUT2D eigenvalue weighted by molar-refractivity contribution is 0.102. The van der Waals surface area contributed by atoms with Crippen molar-refractivity contribution in [2.24, 2.45) is 0 Å². The molecule has 0 atom stereocenters. The van der Waals surface area contributed by atoms with Crippen molar-refractivity contribution < 1.29 is 4.79 Å². The Morgan fingerprint density at radius 3 is 2.37 bits per heavy atom. The molecule has 140 valence electrons. The number of fused-ring (bicyclic) bond motifs is 1. The van der Waals surface area contributed by atoms with E-state index in [4.69, 9.17) is 4.98 Å². The lowest BCUT2D eigenvalue weighted by Crippen LogP contribution is -2.27. The van der Waals surface area contributed by atoms with Crippen LogP contribution in [0, 0.1) is 0 Å². The van der Waals surface area contributed by atoms with Gasteiger partial charge in [0.25, 0.3) is 5.91 Å². The summed E-state index contributed by atoms with van der Waals surface area (Å²) in [6, 6.07) is 9.06. The van der Waals surface area contributed by atoms with Gasteiger partial charge in [-0.05, 0) is 44.4 Å². The Bertz CT molecular complexity index is 961. The highest BCUT2D eigenvalue weighted by atomic mass is 16.1. The van der Waals surface area contributed by atoms with Gasteiger partial charge in [-0.25, -0.2) is 15.0 Å². The predicted octanol–water partition coefficient (Wildman–Crippen LogP) is 4.61. The van der Waals surface area contributed by atoms with Crippen LogP contribution in [-0.2, 0) is 0 Å². The summed E-state index contributed by atoms with van der Waals surface area (Å²) in [4.78, 5) is 26.1. The minimum Gasteiger partial charge on any atom is -0.350 e. The van der Waals surface area contributed by atoms with Crippen LogP contribution in [0.5, 0.6) is 0 Å². The summed E-state index contributed by atoms with van der Waals surface area (Å²) in [5, 5.41) is 6.91. The average Bonchev–Trinajstić information content (AvgIpc) is 2.60. The lowest BCUT2D eigenvalue weighted by atomic mass is 10.0. The Balaban J connectivity index is 2.04. The van der Waals surface area contributed by atoms with Crippen molar-refractivity contribution in [2.75, 3.05) is 10.6 Å². The fraction of sp³-hybridized carbons (Fsp3) is 0.333. The smallest absolute Gasteiger partial charge is 0.256 e. The van der Waals surface area contributed by atoms with Crippen molar-refractivity contribution in [1.29, 1.82) is 0 Å². The molecule has 0 bridgehead atoms. The van der Waals surface area contributed by atoms with Gasteiger partial charge in [-0.1, -0.05) is 32.0 Å². The van der Waals surface area contributed by atoms with Crippen molar-refractivity contribution in [1.82, 2.24) is 15.0 Å². The standard InChI is InChI=1S/C21H25N5O/c1-13(2)15-11-22-18(25-19(27)14-9-7-6-8-10-14)16-12-23-20(24-17(15)16)26-21(3,4)5/h6-13H,1-5H3,(H,22,25,27)(H,23,24,26). The van der Waals surface area contributed by atoms with E-state index >= 15 is 0 Å². The Morgan fingerprint density at radius 2 is 1.74 bits per heavy atom. The predicted molar refractivity (Wildman–Crippen MR) is 109 cm³/mol. The molecule has 0 aliphatic heterocycles. The molecule has 6 heteroatoms. The number of hydrogen-bond acceptors (Lipinski definition) is 5. The number of pyridine rings is 1. The third-order valence-corrected chi connectivity index (χ3v) is 4.03. The first kappa shape index (κ1) is 18.8. The number of hydrogen-bond donors (Lipinski definition) is 2. The summed E-state index contributed by atoms with van der Waals surface area (Å²) in [6.07, 6.45) is 3.50. The molecule has 0 aliphatic rings. The van der Waals surface area contributed by atoms with Crippen LogP contribution in [0.25, 0.3) is 10.9 Å². The summed E-state index contributed by atoms with van der Waals surface area (Å²) in [7, 11) is 0. The summed E-state index contributed by atoms with van der Waals surface area (Å²) in [6.45, 7) is 10.4. The molecule has 2 aromatic heterocycles. The maximum absolute atomic E-state index is 12.5. The maximum Gasteiger partial charge on any atom is 0.256 e. The number of anilines is 2. The van der Waals surface area contributed by atoms with Gasteiger partial charge in [0.05, 0.1) is 10.9 Å². The highest BCUT2D eigenvalue weighted by Gasteiger charge is 2.17. The van der Waals surface area contributed by atoms with Gasteiger partial charge in [-0.15, -0.1) is 0 Å². The number of rotatable bonds is 4. The summed E-state index contributed by atoms with van der Waals surface area (Å²) in [5.74, 6) is 1.06. The number of nitrogens with one attached hydrogen (secondary N) is 2. The van der Waals surface area contributed by atoms with Crippen LogP contribution >= 0.6 is 0 Å². The van der Waals surface area contributed by atoms with Crippen LogP contribution in [0.3, 0.4) is 0 Å². The molecule has 1 amide bonds. The SMILES string of the molecule is CC(C)c1cnc(NC(=O)c2ccccc2)c2cnc(NC(C)(C)C)nc12. The normalized spacial score (nSPS) is 11.6. The molecule has 2 N–H and O–H groups in total. The van der Waals surface area contributed by atoms with E-state index in [0.717, 1.165) is 16.5 Å². The average molecular weight is 363 g/mol. The van der Waals surface area contributed by atoms with Gasteiger partial charge in [0.2, 0.25) is 5.95 Å². The quantitative estimate of drug-likeness (QED) is 0.707. The molecular formula is C21H25N5O. The Hall–Kier alpha value is -3.02. The zero-order valence-corrected chi connectivity index (χ0v) is 16.4. The molecule has 0 radical (unpaired) electrons. The summed E-state index contributed by atoms with van der Waals surface area (Å²) in [5.41, 5.74) is 2.24. The van der Waals surface area contributed by atoms with Crippen molar-refractivity contribution >= 4 is 28.6 Å². The van der Waals surface area contributed by atoms with Crippen LogP contribution in [0.15, 0.2) is 42.7 Å². The Morgan fingerprint density at radius 1 is 1.04 bits per heavy atom. The van der Waals surface area contributed by atoms with Gasteiger partial charge in [-0.2, -0.15) is 0 Å². The van der Waals surface area contributed by atoms with Gasteiger partial charge in [0, 0.05) is 23.5 Å². The fourth-order valence-electron chi connectivity index (χ4n) is 2.73. The zero-order chi connectivity index (χ0) is 19.6. The molecule has 3 aromatic rings.